The van der Waals surface area contributed by atoms with Crippen molar-refractivity contribution in [3.05, 3.63) is 59.2 Å². The van der Waals surface area contributed by atoms with E-state index in [9.17, 15) is 4.79 Å². The molecule has 0 atom stereocenters. The van der Waals surface area contributed by atoms with Gasteiger partial charge in [0.1, 0.15) is 0 Å². The summed E-state index contributed by atoms with van der Waals surface area (Å²) in [6.45, 7) is 6.50. The van der Waals surface area contributed by atoms with Gasteiger partial charge in [-0.05, 0) is 56.5 Å². The third-order valence-corrected chi connectivity index (χ3v) is 5.41. The Morgan fingerprint density at radius 1 is 1.04 bits per heavy atom. The Morgan fingerprint density at radius 2 is 1.68 bits per heavy atom. The molecule has 1 amide bonds. The Bertz CT molecular complexity index is 701. The second-order valence-electron chi connectivity index (χ2n) is 6.78. The van der Waals surface area contributed by atoms with Crippen molar-refractivity contribution in [2.45, 2.75) is 32.4 Å². The quantitative estimate of drug-likeness (QED) is 0.810. The van der Waals surface area contributed by atoms with Crippen molar-refractivity contribution in [1.82, 2.24) is 0 Å². The average molecular weight is 355 g/mol. The highest BCUT2D eigenvalue weighted by Gasteiger charge is 2.12. The lowest BCUT2D eigenvalue weighted by Crippen LogP contribution is -2.18. The summed E-state index contributed by atoms with van der Waals surface area (Å²) < 4.78 is 0. The smallest absolute Gasteiger partial charge is 0.234 e. The van der Waals surface area contributed by atoms with Crippen LogP contribution in [0.25, 0.3) is 0 Å². The van der Waals surface area contributed by atoms with E-state index in [1.54, 1.807) is 11.8 Å². The molecule has 25 heavy (non-hydrogen) atoms. The fourth-order valence-corrected chi connectivity index (χ4v) is 4.10. The first-order chi connectivity index (χ1) is 12.1. The summed E-state index contributed by atoms with van der Waals surface area (Å²) in [5.74, 6) is 1.40. The van der Waals surface area contributed by atoms with E-state index in [1.165, 1.54) is 35.2 Å². The zero-order valence-electron chi connectivity index (χ0n) is 15.0. The molecule has 1 saturated heterocycles. The molecule has 0 aliphatic carbocycles. The fraction of sp³-hybridized carbons (Fsp3) is 0.381. The molecule has 0 saturated carbocycles. The summed E-state index contributed by atoms with van der Waals surface area (Å²) >= 11 is 1.65. The molecule has 1 fully saturated rings. The van der Waals surface area contributed by atoms with Gasteiger partial charge in [0, 0.05) is 30.2 Å². The molecule has 2 aromatic rings. The Hall–Kier alpha value is -1.94. The van der Waals surface area contributed by atoms with Gasteiger partial charge in [-0.1, -0.05) is 29.3 Å². The van der Waals surface area contributed by atoms with Gasteiger partial charge in [-0.3, -0.25) is 4.79 Å². The molecule has 4 heteroatoms. The normalized spacial score (nSPS) is 13.9. The molecule has 0 spiro atoms. The van der Waals surface area contributed by atoms with E-state index in [4.69, 9.17) is 0 Å². The SMILES string of the molecule is Cc1cc(C)cc(CSCC(=O)Nc2ccc(N3CCCC3)cc2)c1. The molecule has 3 rings (SSSR count). The summed E-state index contributed by atoms with van der Waals surface area (Å²) in [6, 6.07) is 14.8. The van der Waals surface area contributed by atoms with Crippen LogP contribution in [0.15, 0.2) is 42.5 Å². The maximum absolute atomic E-state index is 12.1. The van der Waals surface area contributed by atoms with Gasteiger partial charge in [-0.2, -0.15) is 0 Å². The molecular formula is C21H26N2OS. The van der Waals surface area contributed by atoms with Crippen LogP contribution in [0.4, 0.5) is 11.4 Å². The highest BCUT2D eigenvalue weighted by atomic mass is 32.2. The highest BCUT2D eigenvalue weighted by molar-refractivity contribution is 7.99. The van der Waals surface area contributed by atoms with Crippen molar-refractivity contribution >= 4 is 29.0 Å². The maximum atomic E-state index is 12.1. The van der Waals surface area contributed by atoms with Gasteiger partial charge in [0.25, 0.3) is 0 Å². The Kier molecular flexibility index (Phi) is 6.03. The first kappa shape index (κ1) is 17.9. The molecule has 1 aliphatic heterocycles. The molecule has 3 nitrogen and oxygen atoms in total. The van der Waals surface area contributed by atoms with Crippen LogP contribution in [-0.2, 0) is 10.5 Å². The highest BCUT2D eigenvalue weighted by Crippen LogP contribution is 2.22. The predicted molar refractivity (Wildman–Crippen MR) is 109 cm³/mol. The van der Waals surface area contributed by atoms with Gasteiger partial charge in [-0.25, -0.2) is 0 Å². The number of amides is 1. The number of nitrogens with one attached hydrogen (secondary N) is 1. The number of carbonyl (C=O) groups is 1. The molecule has 0 bridgehead atoms. The number of nitrogens with zero attached hydrogens (tertiary/aromatic N) is 1. The zero-order chi connectivity index (χ0) is 17.6. The van der Waals surface area contributed by atoms with Gasteiger partial charge in [0.05, 0.1) is 5.75 Å². The molecule has 0 unspecified atom stereocenters. The number of carbonyl (C=O) groups excluding carboxylic acids is 1. The van der Waals surface area contributed by atoms with Crippen molar-refractivity contribution in [1.29, 1.82) is 0 Å². The summed E-state index contributed by atoms with van der Waals surface area (Å²) in [5, 5.41) is 2.99. The topological polar surface area (TPSA) is 32.3 Å². The van der Waals surface area contributed by atoms with Crippen LogP contribution in [0.5, 0.6) is 0 Å². The monoisotopic (exact) mass is 354 g/mol. The van der Waals surface area contributed by atoms with Crippen molar-refractivity contribution in [2.24, 2.45) is 0 Å². The fourth-order valence-electron chi connectivity index (χ4n) is 3.34. The molecule has 132 valence electrons. The van der Waals surface area contributed by atoms with E-state index in [0.717, 1.165) is 24.5 Å². The Labute approximate surface area is 154 Å². The number of benzene rings is 2. The standard InChI is InChI=1S/C21H26N2OS/c1-16-11-17(2)13-18(12-16)14-25-15-21(24)22-19-5-7-20(8-6-19)23-9-3-4-10-23/h5-8,11-13H,3-4,9-10,14-15H2,1-2H3,(H,22,24). The van der Waals surface area contributed by atoms with E-state index in [0.29, 0.717) is 5.75 Å². The van der Waals surface area contributed by atoms with Crippen LogP contribution < -0.4 is 10.2 Å². The van der Waals surface area contributed by atoms with Crippen molar-refractivity contribution in [2.75, 3.05) is 29.1 Å². The van der Waals surface area contributed by atoms with Crippen molar-refractivity contribution in [3.63, 3.8) is 0 Å². The van der Waals surface area contributed by atoms with E-state index in [1.807, 2.05) is 12.1 Å². The summed E-state index contributed by atoms with van der Waals surface area (Å²) in [5.41, 5.74) is 5.96. The molecule has 1 aliphatic rings. The molecular weight excluding hydrogens is 328 g/mol. The van der Waals surface area contributed by atoms with Crippen LogP contribution in [0.3, 0.4) is 0 Å². The number of hydrogen-bond acceptors (Lipinski definition) is 3. The summed E-state index contributed by atoms with van der Waals surface area (Å²) in [6.07, 6.45) is 2.55. The minimum absolute atomic E-state index is 0.0586. The first-order valence-electron chi connectivity index (χ1n) is 8.90. The lowest BCUT2D eigenvalue weighted by molar-refractivity contribution is -0.113. The van der Waals surface area contributed by atoms with Crippen molar-refractivity contribution < 1.29 is 4.79 Å². The molecule has 0 radical (unpaired) electrons. The maximum Gasteiger partial charge on any atom is 0.234 e. The lowest BCUT2D eigenvalue weighted by Gasteiger charge is -2.17. The van der Waals surface area contributed by atoms with Gasteiger partial charge >= 0.3 is 0 Å². The zero-order valence-corrected chi connectivity index (χ0v) is 15.9. The first-order valence-corrected chi connectivity index (χ1v) is 10.1. The van der Waals surface area contributed by atoms with Crippen LogP contribution in [0.2, 0.25) is 0 Å². The van der Waals surface area contributed by atoms with Crippen LogP contribution in [0, 0.1) is 13.8 Å². The van der Waals surface area contributed by atoms with Crippen LogP contribution in [-0.4, -0.2) is 24.7 Å². The summed E-state index contributed by atoms with van der Waals surface area (Å²) in [4.78, 5) is 14.5. The number of anilines is 2. The third kappa shape index (κ3) is 5.27. The second kappa shape index (κ2) is 8.43. The number of aryl methyl sites for hydroxylation is 2. The van der Waals surface area contributed by atoms with Gasteiger partial charge < -0.3 is 10.2 Å². The number of rotatable bonds is 6. The van der Waals surface area contributed by atoms with E-state index in [2.05, 4.69) is 54.4 Å². The molecule has 1 N–H and O–H groups in total. The number of thioether (sulfide) groups is 1. The lowest BCUT2D eigenvalue weighted by atomic mass is 10.1. The van der Waals surface area contributed by atoms with E-state index in [-0.39, 0.29) is 5.91 Å². The van der Waals surface area contributed by atoms with Crippen molar-refractivity contribution in [3.8, 4) is 0 Å². The minimum atomic E-state index is 0.0586. The predicted octanol–water partition coefficient (Wildman–Crippen LogP) is 4.78. The van der Waals surface area contributed by atoms with Gasteiger partial charge in [0.15, 0.2) is 0 Å². The van der Waals surface area contributed by atoms with Gasteiger partial charge in [-0.15, -0.1) is 11.8 Å². The van der Waals surface area contributed by atoms with Gasteiger partial charge in [0.2, 0.25) is 5.91 Å². The van der Waals surface area contributed by atoms with Crippen LogP contribution >= 0.6 is 11.8 Å². The Balaban J connectivity index is 1.45. The van der Waals surface area contributed by atoms with E-state index < -0.39 is 0 Å². The molecule has 2 aromatic carbocycles. The molecule has 1 heterocycles. The van der Waals surface area contributed by atoms with E-state index >= 15 is 0 Å². The largest absolute Gasteiger partial charge is 0.372 e. The minimum Gasteiger partial charge on any atom is -0.372 e. The van der Waals surface area contributed by atoms with Crippen LogP contribution in [0.1, 0.15) is 29.5 Å². The third-order valence-electron chi connectivity index (χ3n) is 4.41. The average Bonchev–Trinajstić information content (AvgIpc) is 3.09. The Morgan fingerprint density at radius 3 is 2.32 bits per heavy atom. The molecule has 0 aromatic heterocycles. The second-order valence-corrected chi connectivity index (χ2v) is 7.76. The summed E-state index contributed by atoms with van der Waals surface area (Å²) in [7, 11) is 0. The number of hydrogen-bond donors (Lipinski definition) is 1.